The summed E-state index contributed by atoms with van der Waals surface area (Å²) < 4.78 is 26.4. The molecule has 0 aliphatic heterocycles. The van der Waals surface area contributed by atoms with Crippen LogP contribution in [0.15, 0.2) is 52.3 Å². The SMILES string of the molecule is CSc1cccc2sc(N(CCN(C)C)C(=O)CCS(=O)(=O)c3ccc(C)cc3)nc12. The summed E-state index contributed by atoms with van der Waals surface area (Å²) in [6.45, 7) is 3.01. The fourth-order valence-corrected chi connectivity index (χ4v) is 5.93. The quantitative estimate of drug-likeness (QED) is 0.433. The number of fused-ring (bicyclic) bond motifs is 1. The summed E-state index contributed by atoms with van der Waals surface area (Å²) in [6.07, 6.45) is 1.91. The summed E-state index contributed by atoms with van der Waals surface area (Å²) in [4.78, 5) is 22.8. The number of rotatable bonds is 9. The zero-order valence-corrected chi connectivity index (χ0v) is 20.6. The number of aryl methyl sites for hydroxylation is 1. The molecule has 6 nitrogen and oxygen atoms in total. The van der Waals surface area contributed by atoms with Gasteiger partial charge < -0.3 is 4.90 Å². The second-order valence-corrected chi connectivity index (χ2v) is 11.5. The maximum absolute atomic E-state index is 13.1. The van der Waals surface area contributed by atoms with Gasteiger partial charge in [0.15, 0.2) is 15.0 Å². The van der Waals surface area contributed by atoms with Crippen LogP contribution in [-0.2, 0) is 14.6 Å². The molecule has 166 valence electrons. The first-order valence-corrected chi connectivity index (χ1v) is 13.6. The Morgan fingerprint density at radius 2 is 1.81 bits per heavy atom. The van der Waals surface area contributed by atoms with Gasteiger partial charge in [-0.15, -0.1) is 11.8 Å². The summed E-state index contributed by atoms with van der Waals surface area (Å²) in [5.41, 5.74) is 1.87. The van der Waals surface area contributed by atoms with Gasteiger partial charge in [-0.25, -0.2) is 13.4 Å². The van der Waals surface area contributed by atoms with Crippen molar-refractivity contribution >= 4 is 54.2 Å². The Labute approximate surface area is 192 Å². The molecule has 31 heavy (non-hydrogen) atoms. The minimum absolute atomic E-state index is 0.0883. The number of nitrogens with zero attached hydrogens (tertiary/aromatic N) is 3. The minimum Gasteiger partial charge on any atom is -0.308 e. The molecule has 0 radical (unpaired) electrons. The van der Waals surface area contributed by atoms with Crippen LogP contribution in [0, 0.1) is 6.92 Å². The third kappa shape index (κ3) is 5.85. The molecule has 3 aromatic rings. The molecule has 0 fully saturated rings. The van der Waals surface area contributed by atoms with Gasteiger partial charge in [0.2, 0.25) is 5.91 Å². The van der Waals surface area contributed by atoms with Crippen molar-refractivity contribution in [2.45, 2.75) is 23.1 Å². The molecule has 0 saturated heterocycles. The molecule has 1 aromatic heterocycles. The largest absolute Gasteiger partial charge is 0.308 e. The Kier molecular flexibility index (Phi) is 7.74. The van der Waals surface area contributed by atoms with E-state index in [4.69, 9.17) is 4.98 Å². The van der Waals surface area contributed by atoms with E-state index >= 15 is 0 Å². The number of benzene rings is 2. The summed E-state index contributed by atoms with van der Waals surface area (Å²) in [6, 6.07) is 12.7. The van der Waals surface area contributed by atoms with Gasteiger partial charge in [-0.05, 0) is 51.5 Å². The van der Waals surface area contributed by atoms with E-state index in [-0.39, 0.29) is 23.0 Å². The smallest absolute Gasteiger partial charge is 0.229 e. The van der Waals surface area contributed by atoms with Gasteiger partial charge >= 0.3 is 0 Å². The molecule has 0 atom stereocenters. The maximum Gasteiger partial charge on any atom is 0.229 e. The van der Waals surface area contributed by atoms with Crippen LogP contribution in [0.3, 0.4) is 0 Å². The highest BCUT2D eigenvalue weighted by molar-refractivity contribution is 7.98. The minimum atomic E-state index is -3.53. The van der Waals surface area contributed by atoms with Crippen LogP contribution in [0.1, 0.15) is 12.0 Å². The normalized spacial score (nSPS) is 11.9. The van der Waals surface area contributed by atoms with E-state index in [0.29, 0.717) is 18.2 Å². The van der Waals surface area contributed by atoms with Crippen LogP contribution in [0.2, 0.25) is 0 Å². The lowest BCUT2D eigenvalue weighted by Crippen LogP contribution is -2.37. The second-order valence-electron chi connectivity index (χ2n) is 7.53. The first kappa shape index (κ1) is 23.7. The molecular formula is C22H27N3O3S3. The summed E-state index contributed by atoms with van der Waals surface area (Å²) in [5.74, 6) is -0.462. The van der Waals surface area contributed by atoms with Crippen LogP contribution < -0.4 is 4.90 Å². The molecular weight excluding hydrogens is 450 g/mol. The van der Waals surface area contributed by atoms with E-state index < -0.39 is 9.84 Å². The number of carbonyl (C=O) groups is 1. The average molecular weight is 478 g/mol. The van der Waals surface area contributed by atoms with Crippen molar-refractivity contribution in [1.82, 2.24) is 9.88 Å². The van der Waals surface area contributed by atoms with Crippen molar-refractivity contribution in [1.29, 1.82) is 0 Å². The van der Waals surface area contributed by atoms with E-state index in [1.54, 1.807) is 40.9 Å². The molecule has 1 amide bonds. The van der Waals surface area contributed by atoms with Crippen LogP contribution in [0.25, 0.3) is 10.2 Å². The predicted octanol–water partition coefficient (Wildman–Crippen LogP) is 4.09. The summed E-state index contributed by atoms with van der Waals surface area (Å²) >= 11 is 3.07. The number of thioether (sulfide) groups is 1. The zero-order valence-electron chi connectivity index (χ0n) is 18.2. The molecule has 9 heteroatoms. The summed E-state index contributed by atoms with van der Waals surface area (Å²) in [5, 5.41) is 0.607. The van der Waals surface area contributed by atoms with Crippen molar-refractivity contribution in [2.24, 2.45) is 0 Å². The molecule has 3 rings (SSSR count). The molecule has 0 N–H and O–H groups in total. The number of para-hydroxylation sites is 1. The van der Waals surface area contributed by atoms with E-state index in [2.05, 4.69) is 0 Å². The first-order chi connectivity index (χ1) is 14.7. The van der Waals surface area contributed by atoms with E-state index in [0.717, 1.165) is 20.7 Å². The van der Waals surface area contributed by atoms with Crippen molar-refractivity contribution in [3.05, 3.63) is 48.0 Å². The molecule has 2 aromatic carbocycles. The fourth-order valence-electron chi connectivity index (χ4n) is 3.04. The molecule has 1 heterocycles. The van der Waals surface area contributed by atoms with E-state index in [1.807, 2.05) is 50.4 Å². The molecule has 0 aliphatic carbocycles. The number of likely N-dealkylation sites (N-methyl/N-ethyl adjacent to an activating group) is 1. The zero-order chi connectivity index (χ0) is 22.6. The highest BCUT2D eigenvalue weighted by Crippen LogP contribution is 2.34. The van der Waals surface area contributed by atoms with Gasteiger partial charge in [0, 0.05) is 24.4 Å². The number of anilines is 1. The number of aromatic nitrogens is 1. The lowest BCUT2D eigenvalue weighted by molar-refractivity contribution is -0.118. The Balaban J connectivity index is 1.83. The summed E-state index contributed by atoms with van der Waals surface area (Å²) in [7, 11) is 0.346. The van der Waals surface area contributed by atoms with E-state index in [9.17, 15) is 13.2 Å². The second kappa shape index (κ2) is 10.1. The van der Waals surface area contributed by atoms with Crippen LogP contribution in [0.4, 0.5) is 5.13 Å². The van der Waals surface area contributed by atoms with Crippen molar-refractivity contribution in [3.63, 3.8) is 0 Å². The van der Waals surface area contributed by atoms with Gasteiger partial charge in [0.25, 0.3) is 0 Å². The fraction of sp³-hybridized carbons (Fsp3) is 0.364. The van der Waals surface area contributed by atoms with Gasteiger partial charge in [-0.1, -0.05) is 35.1 Å². The van der Waals surface area contributed by atoms with Crippen molar-refractivity contribution in [2.75, 3.05) is 44.1 Å². The average Bonchev–Trinajstić information content (AvgIpc) is 3.16. The van der Waals surface area contributed by atoms with Gasteiger partial charge in [0.1, 0.15) is 0 Å². The molecule has 0 bridgehead atoms. The lowest BCUT2D eigenvalue weighted by atomic mass is 10.2. The standard InChI is InChI=1S/C22H27N3O3S3/c1-16-8-10-17(11-9-16)31(27,28)15-12-20(26)25(14-13-24(2)3)22-23-21-18(29-4)6-5-7-19(21)30-22/h5-11H,12-15H2,1-4H3. The van der Waals surface area contributed by atoms with Crippen molar-refractivity contribution in [3.8, 4) is 0 Å². The Hall–Kier alpha value is -1.94. The first-order valence-electron chi connectivity index (χ1n) is 9.89. The topological polar surface area (TPSA) is 70.6 Å². The number of sulfone groups is 1. The van der Waals surface area contributed by atoms with E-state index in [1.165, 1.54) is 11.3 Å². The Morgan fingerprint density at radius 3 is 2.45 bits per heavy atom. The Morgan fingerprint density at radius 1 is 1.10 bits per heavy atom. The number of thiazole rings is 1. The molecule has 0 saturated carbocycles. The molecule has 0 spiro atoms. The molecule has 0 aliphatic rings. The number of amides is 1. The lowest BCUT2D eigenvalue weighted by Gasteiger charge is -2.22. The number of hydrogen-bond donors (Lipinski definition) is 0. The third-order valence-electron chi connectivity index (χ3n) is 4.86. The van der Waals surface area contributed by atoms with Gasteiger partial charge in [0.05, 0.1) is 20.9 Å². The van der Waals surface area contributed by atoms with Crippen LogP contribution in [0.5, 0.6) is 0 Å². The highest BCUT2D eigenvalue weighted by Gasteiger charge is 2.23. The van der Waals surface area contributed by atoms with Gasteiger partial charge in [-0.3, -0.25) is 9.69 Å². The van der Waals surface area contributed by atoms with Crippen LogP contribution in [-0.4, -0.2) is 63.4 Å². The van der Waals surface area contributed by atoms with Gasteiger partial charge in [-0.2, -0.15) is 0 Å². The number of hydrogen-bond acceptors (Lipinski definition) is 7. The maximum atomic E-state index is 13.1. The third-order valence-corrected chi connectivity index (χ3v) is 8.40. The van der Waals surface area contributed by atoms with Crippen LogP contribution >= 0.6 is 23.1 Å². The predicted molar refractivity (Wildman–Crippen MR) is 130 cm³/mol. The van der Waals surface area contributed by atoms with Crippen molar-refractivity contribution < 1.29 is 13.2 Å². The Bertz CT molecular complexity index is 1160. The molecule has 0 unspecified atom stereocenters. The highest BCUT2D eigenvalue weighted by atomic mass is 32.2. The number of carbonyl (C=O) groups excluding carboxylic acids is 1. The monoisotopic (exact) mass is 477 g/mol.